The van der Waals surface area contributed by atoms with Gasteiger partial charge in [-0.25, -0.2) is 0 Å². The topological polar surface area (TPSA) is 91.2 Å². The first-order valence-electron chi connectivity index (χ1n) is 8.48. The molecule has 2 aliphatic rings. The van der Waals surface area contributed by atoms with Crippen LogP contribution in [0.15, 0.2) is 24.3 Å². The third-order valence-electron chi connectivity index (χ3n) is 4.83. The van der Waals surface area contributed by atoms with E-state index in [2.05, 4.69) is 16.7 Å². The Hall–Kier alpha value is -2.85. The molecule has 0 spiro atoms. The van der Waals surface area contributed by atoms with E-state index in [4.69, 9.17) is 4.74 Å². The van der Waals surface area contributed by atoms with Gasteiger partial charge in [-0.05, 0) is 50.3 Å². The number of rotatable bonds is 2. The number of ether oxygens (including phenoxy) is 1. The van der Waals surface area contributed by atoms with E-state index in [1.165, 1.54) is 18.3 Å². The highest BCUT2D eigenvalue weighted by Gasteiger charge is 2.47. The van der Waals surface area contributed by atoms with E-state index < -0.39 is 17.4 Å². The average Bonchev–Trinajstić information content (AvgIpc) is 2.99. The van der Waals surface area contributed by atoms with E-state index in [1.54, 1.807) is 24.3 Å². The Kier molecular flexibility index (Phi) is 3.93. The minimum Gasteiger partial charge on any atom is -0.466 e. The van der Waals surface area contributed by atoms with Gasteiger partial charge in [0.25, 0.3) is 17.4 Å². The van der Waals surface area contributed by atoms with Gasteiger partial charge in [0.15, 0.2) is 0 Å². The summed E-state index contributed by atoms with van der Waals surface area (Å²) in [5.74, 6) is -0.677. The number of para-hydroxylation sites is 2. The number of nitriles is 1. The molecule has 1 aromatic heterocycles. The van der Waals surface area contributed by atoms with Crippen LogP contribution in [0.4, 0.5) is 10.7 Å². The Morgan fingerprint density at radius 2 is 2.12 bits per heavy atom. The normalized spacial score (nSPS) is 20.8. The molecule has 2 N–H and O–H groups in total. The number of thiophene rings is 1. The summed E-state index contributed by atoms with van der Waals surface area (Å²) in [5.41, 5.74) is 0.375. The first kappa shape index (κ1) is 16.6. The van der Waals surface area contributed by atoms with Crippen LogP contribution in [-0.2, 0) is 22.4 Å². The molecule has 1 aromatic carbocycles. The van der Waals surface area contributed by atoms with Crippen LogP contribution in [0.3, 0.4) is 0 Å². The molecule has 0 fully saturated rings. The van der Waals surface area contributed by atoms with Crippen LogP contribution in [0, 0.1) is 11.3 Å². The van der Waals surface area contributed by atoms with E-state index >= 15 is 0 Å². The van der Waals surface area contributed by atoms with Crippen molar-refractivity contribution in [3.8, 4) is 11.8 Å². The third kappa shape index (κ3) is 2.54. The maximum atomic E-state index is 12.9. The molecule has 2 heterocycles. The smallest absolute Gasteiger partial charge is 0.278 e. The Bertz CT molecular complexity index is 959. The molecule has 6 nitrogen and oxygen atoms in total. The second-order valence-corrected chi connectivity index (χ2v) is 7.67. The van der Waals surface area contributed by atoms with E-state index in [1.807, 2.05) is 0 Å². The molecule has 0 bridgehead atoms. The molecule has 1 aliphatic heterocycles. The lowest BCUT2D eigenvalue weighted by atomic mass is 9.96. The summed E-state index contributed by atoms with van der Waals surface area (Å²) < 4.78 is 5.74. The van der Waals surface area contributed by atoms with Gasteiger partial charge in [0.05, 0.1) is 11.3 Å². The van der Waals surface area contributed by atoms with E-state index in [0.717, 1.165) is 36.1 Å². The van der Waals surface area contributed by atoms with Crippen LogP contribution < -0.4 is 15.4 Å². The number of hydrogen-bond donors (Lipinski definition) is 2. The maximum absolute atomic E-state index is 12.9. The summed E-state index contributed by atoms with van der Waals surface area (Å²) in [6.07, 6.45) is 3.91. The summed E-state index contributed by atoms with van der Waals surface area (Å²) in [4.78, 5) is 26.5. The Balaban J connectivity index is 1.64. The fourth-order valence-corrected chi connectivity index (χ4v) is 4.55. The molecule has 2 amide bonds. The lowest BCUT2D eigenvalue weighted by Crippen LogP contribution is -2.56. The summed E-state index contributed by atoms with van der Waals surface area (Å²) >= 11 is 1.42. The van der Waals surface area contributed by atoms with E-state index in [9.17, 15) is 14.9 Å². The molecule has 0 radical (unpaired) electrons. The number of nitrogens with one attached hydrogen (secondary N) is 2. The Labute approximate surface area is 154 Å². The molecule has 7 heteroatoms. The number of amides is 2. The highest BCUT2D eigenvalue weighted by Crippen LogP contribution is 2.39. The summed E-state index contributed by atoms with van der Waals surface area (Å²) in [6, 6.07) is 9.17. The zero-order valence-corrected chi connectivity index (χ0v) is 15.0. The number of carbonyl (C=O) groups excluding carboxylic acids is 2. The standard InChI is InChI=1S/C19H17N3O3S/c1-19(17(23)21-13-7-3-4-8-14(13)25-19)18(24)22-16-12(10-20)11-6-2-5-9-15(11)26-16/h3-4,7-8H,2,5-6,9H2,1H3,(H,21,23)(H,22,24). The summed E-state index contributed by atoms with van der Waals surface area (Å²) in [7, 11) is 0. The number of hydrogen-bond acceptors (Lipinski definition) is 5. The van der Waals surface area contributed by atoms with Crippen molar-refractivity contribution in [1.82, 2.24) is 0 Å². The molecule has 0 saturated heterocycles. The third-order valence-corrected chi connectivity index (χ3v) is 6.03. The first-order chi connectivity index (χ1) is 12.5. The van der Waals surface area contributed by atoms with Crippen LogP contribution in [0.5, 0.6) is 5.75 Å². The van der Waals surface area contributed by atoms with Gasteiger partial charge in [0, 0.05) is 4.88 Å². The molecule has 4 rings (SSSR count). The Morgan fingerprint density at radius 3 is 2.92 bits per heavy atom. The number of anilines is 2. The minimum atomic E-state index is -1.70. The first-order valence-corrected chi connectivity index (χ1v) is 9.30. The largest absolute Gasteiger partial charge is 0.466 e. The van der Waals surface area contributed by atoms with Crippen LogP contribution in [0.1, 0.15) is 35.8 Å². The molecule has 0 saturated carbocycles. The fourth-order valence-electron chi connectivity index (χ4n) is 3.31. The number of aryl methyl sites for hydroxylation is 1. The number of fused-ring (bicyclic) bond motifs is 2. The van der Waals surface area contributed by atoms with Crippen molar-refractivity contribution in [2.45, 2.75) is 38.2 Å². The van der Waals surface area contributed by atoms with Gasteiger partial charge in [-0.3, -0.25) is 9.59 Å². The highest BCUT2D eigenvalue weighted by molar-refractivity contribution is 7.16. The SMILES string of the molecule is CC1(C(=O)Nc2sc3c(c2C#N)CCCC3)Oc2ccccc2NC1=O. The molecule has 1 unspecified atom stereocenters. The molecule has 2 aromatic rings. The lowest BCUT2D eigenvalue weighted by molar-refractivity contribution is -0.143. The molecule has 26 heavy (non-hydrogen) atoms. The van der Waals surface area contributed by atoms with Crippen LogP contribution in [-0.4, -0.2) is 17.4 Å². The predicted molar refractivity (Wildman–Crippen MR) is 98.4 cm³/mol. The van der Waals surface area contributed by atoms with E-state index in [-0.39, 0.29) is 0 Å². The molecule has 132 valence electrons. The van der Waals surface area contributed by atoms with E-state index in [0.29, 0.717) is 22.0 Å². The zero-order valence-electron chi connectivity index (χ0n) is 14.2. The van der Waals surface area contributed by atoms with Gasteiger partial charge in [-0.1, -0.05) is 12.1 Å². The molecular formula is C19H17N3O3S. The lowest BCUT2D eigenvalue weighted by Gasteiger charge is -2.33. The molecular weight excluding hydrogens is 350 g/mol. The number of benzene rings is 1. The second-order valence-electron chi connectivity index (χ2n) is 6.57. The fraction of sp³-hybridized carbons (Fsp3) is 0.316. The van der Waals surface area contributed by atoms with Crippen molar-refractivity contribution in [2.75, 3.05) is 10.6 Å². The van der Waals surface area contributed by atoms with Crippen molar-refractivity contribution in [1.29, 1.82) is 5.26 Å². The average molecular weight is 367 g/mol. The van der Waals surface area contributed by atoms with Gasteiger partial charge in [0.2, 0.25) is 0 Å². The van der Waals surface area contributed by atoms with Crippen LogP contribution in [0.2, 0.25) is 0 Å². The predicted octanol–water partition coefficient (Wildman–Crippen LogP) is 3.23. The van der Waals surface area contributed by atoms with Crippen LogP contribution >= 0.6 is 11.3 Å². The second kappa shape index (κ2) is 6.15. The Morgan fingerprint density at radius 1 is 1.35 bits per heavy atom. The van der Waals surface area contributed by atoms with Gasteiger partial charge >= 0.3 is 0 Å². The van der Waals surface area contributed by atoms with Crippen molar-refractivity contribution in [3.63, 3.8) is 0 Å². The van der Waals surface area contributed by atoms with Gasteiger partial charge < -0.3 is 15.4 Å². The highest BCUT2D eigenvalue weighted by atomic mass is 32.1. The zero-order chi connectivity index (χ0) is 18.3. The summed E-state index contributed by atoms with van der Waals surface area (Å²) in [6.45, 7) is 1.44. The molecule has 1 aliphatic carbocycles. The van der Waals surface area contributed by atoms with Gasteiger partial charge in [-0.2, -0.15) is 5.26 Å². The van der Waals surface area contributed by atoms with Gasteiger partial charge in [-0.15, -0.1) is 11.3 Å². The number of carbonyl (C=O) groups is 2. The van der Waals surface area contributed by atoms with Crippen molar-refractivity contribution in [3.05, 3.63) is 40.3 Å². The molecule has 1 atom stereocenters. The number of nitrogens with zero attached hydrogens (tertiary/aromatic N) is 1. The van der Waals surface area contributed by atoms with Gasteiger partial charge in [0.1, 0.15) is 16.8 Å². The monoisotopic (exact) mass is 367 g/mol. The summed E-state index contributed by atoms with van der Waals surface area (Å²) in [5, 5.41) is 15.5. The van der Waals surface area contributed by atoms with Crippen LogP contribution in [0.25, 0.3) is 0 Å². The maximum Gasteiger partial charge on any atom is 0.278 e. The quantitative estimate of drug-likeness (QED) is 0.797. The van der Waals surface area contributed by atoms with Crippen molar-refractivity contribution in [2.24, 2.45) is 0 Å². The van der Waals surface area contributed by atoms with Crippen molar-refractivity contribution >= 4 is 33.8 Å². The minimum absolute atomic E-state index is 0.440. The van der Waals surface area contributed by atoms with Crippen molar-refractivity contribution < 1.29 is 14.3 Å².